The van der Waals surface area contributed by atoms with Crippen LogP contribution in [-0.2, 0) is 0 Å². The third kappa shape index (κ3) is 2.30. The normalized spacial score (nSPS) is 11.6. The summed E-state index contributed by atoms with van der Waals surface area (Å²) in [6.07, 6.45) is 1.21. The summed E-state index contributed by atoms with van der Waals surface area (Å²) < 4.78 is 0. The van der Waals surface area contributed by atoms with E-state index in [1.807, 2.05) is 30.3 Å². The first kappa shape index (κ1) is 12.4. The molecule has 0 radical (unpaired) electrons. The van der Waals surface area contributed by atoms with Crippen LogP contribution in [0.5, 0.6) is 0 Å². The van der Waals surface area contributed by atoms with Crippen LogP contribution < -0.4 is 0 Å². The van der Waals surface area contributed by atoms with E-state index in [1.54, 1.807) is 0 Å². The first-order chi connectivity index (χ1) is 8.63. The van der Waals surface area contributed by atoms with E-state index in [0.717, 1.165) is 16.7 Å². The molecule has 0 fully saturated rings. The smallest absolute Gasteiger partial charge is 0.0876 e. The quantitative estimate of drug-likeness (QED) is 0.760. The number of aliphatic hydroxyl groups is 1. The molecule has 92 valence electrons. The van der Waals surface area contributed by atoms with E-state index >= 15 is 0 Å². The van der Waals surface area contributed by atoms with E-state index in [0.29, 0.717) is 0 Å². The number of rotatable bonds is 2. The fourth-order valence-corrected chi connectivity index (χ4v) is 2.51. The Bertz CT molecular complexity index is 557. The van der Waals surface area contributed by atoms with E-state index < -0.39 is 0 Å². The fourth-order valence-electron chi connectivity index (χ4n) is 2.51. The summed E-state index contributed by atoms with van der Waals surface area (Å²) in [5.74, 6) is 0. The Kier molecular flexibility index (Phi) is 3.52. The van der Waals surface area contributed by atoms with Gasteiger partial charge >= 0.3 is 0 Å². The van der Waals surface area contributed by atoms with Crippen molar-refractivity contribution in [2.45, 2.75) is 20.8 Å². The largest absolute Gasteiger partial charge is 0.515 e. The molecule has 0 bridgehead atoms. The standard InChI is InChI=1S/C17H18O/c1-12-9-13(2)17(14(3)10-12)16(11-18)15-7-5-4-6-8-15/h4-11,18H,1-3H3. The predicted octanol–water partition coefficient (Wildman–Crippen LogP) is 4.56. The van der Waals surface area contributed by atoms with Gasteiger partial charge in [-0.05, 0) is 43.0 Å². The fraction of sp³-hybridized carbons (Fsp3) is 0.176. The van der Waals surface area contributed by atoms with Crippen molar-refractivity contribution >= 4 is 5.57 Å². The lowest BCUT2D eigenvalue weighted by Gasteiger charge is -2.14. The topological polar surface area (TPSA) is 20.2 Å². The molecule has 2 aromatic carbocycles. The van der Waals surface area contributed by atoms with Crippen LogP contribution in [0.2, 0.25) is 0 Å². The van der Waals surface area contributed by atoms with Crippen LogP contribution in [-0.4, -0.2) is 5.11 Å². The molecule has 0 aliphatic carbocycles. The highest BCUT2D eigenvalue weighted by atomic mass is 16.2. The maximum Gasteiger partial charge on any atom is 0.0876 e. The van der Waals surface area contributed by atoms with Crippen LogP contribution in [0, 0.1) is 20.8 Å². The van der Waals surface area contributed by atoms with Gasteiger partial charge in [-0.25, -0.2) is 0 Å². The van der Waals surface area contributed by atoms with E-state index in [-0.39, 0.29) is 0 Å². The van der Waals surface area contributed by atoms with Crippen molar-refractivity contribution in [1.29, 1.82) is 0 Å². The number of benzene rings is 2. The van der Waals surface area contributed by atoms with E-state index in [1.165, 1.54) is 23.0 Å². The van der Waals surface area contributed by atoms with Crippen LogP contribution in [0.3, 0.4) is 0 Å². The predicted molar refractivity (Wildman–Crippen MR) is 76.8 cm³/mol. The van der Waals surface area contributed by atoms with Crippen molar-refractivity contribution < 1.29 is 5.11 Å². The van der Waals surface area contributed by atoms with Crippen molar-refractivity contribution in [3.05, 3.63) is 76.5 Å². The minimum Gasteiger partial charge on any atom is -0.515 e. The first-order valence-electron chi connectivity index (χ1n) is 6.11. The number of hydrogen-bond donors (Lipinski definition) is 1. The van der Waals surface area contributed by atoms with Gasteiger partial charge in [-0.3, -0.25) is 0 Å². The molecule has 2 aromatic rings. The third-order valence-electron chi connectivity index (χ3n) is 3.16. The molecule has 1 heteroatoms. The lowest BCUT2D eigenvalue weighted by molar-refractivity contribution is 0.476. The van der Waals surface area contributed by atoms with Crippen molar-refractivity contribution in [1.82, 2.24) is 0 Å². The Morgan fingerprint density at radius 1 is 0.944 bits per heavy atom. The second-order valence-corrected chi connectivity index (χ2v) is 4.68. The second-order valence-electron chi connectivity index (χ2n) is 4.68. The van der Waals surface area contributed by atoms with Gasteiger partial charge in [0, 0.05) is 5.57 Å². The maximum absolute atomic E-state index is 9.59. The summed E-state index contributed by atoms with van der Waals surface area (Å²) in [6.45, 7) is 6.26. The summed E-state index contributed by atoms with van der Waals surface area (Å²) in [5, 5.41) is 9.59. The average molecular weight is 238 g/mol. The average Bonchev–Trinajstić information content (AvgIpc) is 2.34. The van der Waals surface area contributed by atoms with E-state index in [9.17, 15) is 5.11 Å². The van der Waals surface area contributed by atoms with Crippen molar-refractivity contribution in [2.75, 3.05) is 0 Å². The Labute approximate surface area is 108 Å². The highest BCUT2D eigenvalue weighted by Gasteiger charge is 2.11. The molecular formula is C17H18O. The summed E-state index contributed by atoms with van der Waals surface area (Å²) in [4.78, 5) is 0. The van der Waals surface area contributed by atoms with Gasteiger partial charge in [0.05, 0.1) is 6.26 Å². The van der Waals surface area contributed by atoms with Crippen LogP contribution in [0.15, 0.2) is 48.7 Å². The Balaban J connectivity index is 2.61. The van der Waals surface area contributed by atoms with Gasteiger partial charge in [0.15, 0.2) is 0 Å². The summed E-state index contributed by atoms with van der Waals surface area (Å²) >= 11 is 0. The molecule has 0 atom stereocenters. The lowest BCUT2D eigenvalue weighted by atomic mass is 9.90. The molecular weight excluding hydrogens is 220 g/mol. The van der Waals surface area contributed by atoms with Crippen LogP contribution in [0.1, 0.15) is 27.8 Å². The molecule has 0 unspecified atom stereocenters. The van der Waals surface area contributed by atoms with Gasteiger partial charge in [0.2, 0.25) is 0 Å². The third-order valence-corrected chi connectivity index (χ3v) is 3.16. The zero-order chi connectivity index (χ0) is 13.1. The summed E-state index contributed by atoms with van der Waals surface area (Å²) in [5.41, 5.74) is 6.67. The molecule has 1 N–H and O–H groups in total. The van der Waals surface area contributed by atoms with Crippen molar-refractivity contribution in [3.8, 4) is 0 Å². The molecule has 0 aliphatic heterocycles. The molecule has 0 spiro atoms. The monoisotopic (exact) mass is 238 g/mol. The first-order valence-corrected chi connectivity index (χ1v) is 6.11. The maximum atomic E-state index is 9.59. The van der Waals surface area contributed by atoms with Crippen LogP contribution in [0.25, 0.3) is 5.57 Å². The molecule has 0 saturated heterocycles. The highest BCUT2D eigenvalue weighted by Crippen LogP contribution is 2.29. The molecule has 18 heavy (non-hydrogen) atoms. The minimum atomic E-state index is 0.880. The van der Waals surface area contributed by atoms with E-state index in [2.05, 4.69) is 32.9 Å². The Morgan fingerprint density at radius 3 is 2.00 bits per heavy atom. The highest BCUT2D eigenvalue weighted by molar-refractivity contribution is 5.82. The zero-order valence-corrected chi connectivity index (χ0v) is 11.1. The van der Waals surface area contributed by atoms with Gasteiger partial charge in [-0.1, -0.05) is 48.0 Å². The summed E-state index contributed by atoms with van der Waals surface area (Å²) in [6, 6.07) is 14.3. The van der Waals surface area contributed by atoms with Gasteiger partial charge in [-0.2, -0.15) is 0 Å². The molecule has 0 heterocycles. The van der Waals surface area contributed by atoms with Gasteiger partial charge < -0.3 is 5.11 Å². The number of hydrogen-bond acceptors (Lipinski definition) is 1. The SMILES string of the molecule is Cc1cc(C)c(C(=CO)c2ccccc2)c(C)c1. The van der Waals surface area contributed by atoms with Gasteiger partial charge in [-0.15, -0.1) is 0 Å². The lowest BCUT2D eigenvalue weighted by Crippen LogP contribution is -1.96. The molecule has 0 amide bonds. The number of aryl methyl sites for hydroxylation is 3. The second kappa shape index (κ2) is 5.09. The molecule has 0 aromatic heterocycles. The molecule has 1 nitrogen and oxygen atoms in total. The van der Waals surface area contributed by atoms with Crippen LogP contribution >= 0.6 is 0 Å². The van der Waals surface area contributed by atoms with Gasteiger partial charge in [0.1, 0.15) is 0 Å². The van der Waals surface area contributed by atoms with Gasteiger partial charge in [0.25, 0.3) is 0 Å². The minimum absolute atomic E-state index is 0.880. The summed E-state index contributed by atoms with van der Waals surface area (Å²) in [7, 11) is 0. The van der Waals surface area contributed by atoms with E-state index in [4.69, 9.17) is 0 Å². The van der Waals surface area contributed by atoms with Crippen molar-refractivity contribution in [2.24, 2.45) is 0 Å². The van der Waals surface area contributed by atoms with Crippen LogP contribution in [0.4, 0.5) is 0 Å². The molecule has 0 aliphatic rings. The Hall–Kier alpha value is -2.02. The van der Waals surface area contributed by atoms with Crippen molar-refractivity contribution in [3.63, 3.8) is 0 Å². The zero-order valence-electron chi connectivity index (χ0n) is 11.1. The Morgan fingerprint density at radius 2 is 1.50 bits per heavy atom. The molecule has 0 saturated carbocycles. The number of aliphatic hydroxyl groups excluding tert-OH is 1. The molecule has 2 rings (SSSR count).